The number of hydrogen-bond donors (Lipinski definition) is 0. The first kappa shape index (κ1) is 33.2. The van der Waals surface area contributed by atoms with E-state index in [1.807, 2.05) is 0 Å². The highest BCUT2D eigenvalue weighted by atomic mass is 80.0. The predicted molar refractivity (Wildman–Crippen MR) is 175 cm³/mol. The molecule has 0 atom stereocenters. The van der Waals surface area contributed by atoms with Crippen LogP contribution < -0.4 is 0 Å². The lowest BCUT2D eigenvalue weighted by Crippen LogP contribution is -2.66. The molecule has 0 spiro atoms. The van der Waals surface area contributed by atoms with Crippen molar-refractivity contribution in [3.05, 3.63) is 0 Å². The van der Waals surface area contributed by atoms with Crippen molar-refractivity contribution in [2.75, 3.05) is 0 Å². The molecule has 0 nitrogen and oxygen atoms in total. The van der Waals surface area contributed by atoms with Gasteiger partial charge in [0.05, 0.1) is 3.74 Å². The van der Waals surface area contributed by atoms with Gasteiger partial charge < -0.3 is 0 Å². The lowest BCUT2D eigenvalue weighted by atomic mass is 10.1. The minimum atomic E-state index is -0.928. The summed E-state index contributed by atoms with van der Waals surface area (Å²) in [7, 11) is 0. The molecule has 0 saturated heterocycles. The van der Waals surface area contributed by atoms with E-state index in [2.05, 4.69) is 271 Å². The van der Waals surface area contributed by atoms with Crippen molar-refractivity contribution in [2.45, 2.75) is 25.3 Å². The number of hydrogen-bond acceptors (Lipinski definition) is 0. The molecule has 0 aliphatic heterocycles. The van der Waals surface area contributed by atoms with Crippen molar-refractivity contribution in [2.24, 2.45) is 0 Å². The second-order valence-corrected chi connectivity index (χ2v) is 34.9. The number of rotatable bonds is 6. The van der Waals surface area contributed by atoms with Gasteiger partial charge in [-0.3, -0.25) is 0 Å². The zero-order valence-corrected chi connectivity index (χ0v) is 37.5. The lowest BCUT2D eigenvalue weighted by molar-refractivity contribution is 0.609. The summed E-state index contributed by atoms with van der Waals surface area (Å²) in [4.78, 5) is 0. The molecule has 25 heavy (non-hydrogen) atoms. The molecule has 0 rings (SSSR count). The molecule has 0 fully saturated rings. The quantitative estimate of drug-likeness (QED) is 0.233. The second kappa shape index (κ2) is 11.0. The first-order valence-electron chi connectivity index (χ1n) is 5.06. The topological polar surface area (TPSA) is 0 Å². The van der Waals surface area contributed by atoms with Crippen LogP contribution in [0.3, 0.4) is 0 Å². The average Bonchev–Trinajstić information content (AvgIpc) is 2.35. The van der Waals surface area contributed by atoms with Gasteiger partial charge in [0, 0.05) is 0 Å². The standard InChI is InChI=1S/C8HBr17/c9-1(10)2(11,12)3(13,14)4(15,16)5(17,18)6(19,20)7(21,22)8(23,24)25/h1H. The Kier molecular flexibility index (Phi) is 14.7. The summed E-state index contributed by atoms with van der Waals surface area (Å²) in [6, 6.07) is 0. The van der Waals surface area contributed by atoms with Crippen molar-refractivity contribution in [3.63, 3.8) is 0 Å². The third-order valence-electron chi connectivity index (χ3n) is 2.63. The summed E-state index contributed by atoms with van der Waals surface area (Å²) in [6.07, 6.45) is 0. The van der Waals surface area contributed by atoms with Gasteiger partial charge in [-0.1, -0.05) is 271 Å². The predicted octanol–water partition coefficient (Wildman–Crippen LogP) is 12.9. The van der Waals surface area contributed by atoms with Crippen molar-refractivity contribution in [1.29, 1.82) is 0 Å². The summed E-state index contributed by atoms with van der Waals surface area (Å²) >= 11 is 62.9. The molecular weight excluding hydrogens is 1450 g/mol. The van der Waals surface area contributed by atoms with E-state index < -0.39 is 21.5 Å². The minimum absolute atomic E-state index is 0.170. The second-order valence-electron chi connectivity index (χ2n) is 4.29. The Hall–Kier alpha value is 8.16. The Labute approximate surface area is 289 Å². The molecule has 152 valence electrons. The Morgan fingerprint density at radius 3 is 0.840 bits per heavy atom. The molecule has 0 aromatic carbocycles. The van der Waals surface area contributed by atoms with Gasteiger partial charge in [-0.2, -0.15) is 0 Å². The zero-order valence-electron chi connectivity index (χ0n) is 10.5. The zero-order chi connectivity index (χ0) is 21.1. The highest BCUT2D eigenvalue weighted by Gasteiger charge is 2.75. The molecule has 0 radical (unpaired) electrons. The van der Waals surface area contributed by atoms with Crippen molar-refractivity contribution in [1.82, 2.24) is 0 Å². The Balaban J connectivity index is 6.50. The van der Waals surface area contributed by atoms with E-state index in [0.29, 0.717) is 0 Å². The maximum Gasteiger partial charge on any atom is 0.162 e. The summed E-state index contributed by atoms with van der Waals surface area (Å²) < 4.78 is -6.05. The van der Waals surface area contributed by atoms with Gasteiger partial charge in [0.2, 0.25) is 0 Å². The van der Waals surface area contributed by atoms with Crippen LogP contribution in [0.2, 0.25) is 0 Å². The highest BCUT2D eigenvalue weighted by molar-refractivity contribution is 9.42. The van der Waals surface area contributed by atoms with Gasteiger partial charge in [-0.15, -0.1) is 0 Å². The molecule has 0 aromatic rings. The van der Waals surface area contributed by atoms with Crippen LogP contribution in [0.5, 0.6) is 0 Å². The fourth-order valence-corrected chi connectivity index (χ4v) is 15.6. The third kappa shape index (κ3) is 6.30. The van der Waals surface area contributed by atoms with E-state index in [1.54, 1.807) is 0 Å². The monoisotopic (exact) mass is 1440 g/mol. The van der Waals surface area contributed by atoms with Gasteiger partial charge in [0.1, 0.15) is 19.4 Å². The molecule has 0 N–H and O–H groups in total. The van der Waals surface area contributed by atoms with Crippen molar-refractivity contribution in [3.8, 4) is 0 Å². The van der Waals surface area contributed by atoms with Crippen LogP contribution in [0.4, 0.5) is 0 Å². The van der Waals surface area contributed by atoms with Gasteiger partial charge >= 0.3 is 0 Å². The first-order valence-corrected chi connectivity index (χ1v) is 18.8. The smallest absolute Gasteiger partial charge is 0.0739 e. The van der Waals surface area contributed by atoms with Crippen LogP contribution >= 0.6 is 271 Å². The third-order valence-corrected chi connectivity index (χ3v) is 36.1. The molecule has 0 aromatic heterocycles. The molecular formula is C8HBr17. The van der Waals surface area contributed by atoms with E-state index in [-0.39, 0.29) is 3.74 Å². The van der Waals surface area contributed by atoms with Crippen LogP contribution in [-0.2, 0) is 0 Å². The van der Waals surface area contributed by atoms with Crippen LogP contribution in [-0.4, -0.2) is 25.3 Å². The van der Waals surface area contributed by atoms with E-state index >= 15 is 0 Å². The average molecular weight is 1460 g/mol. The van der Waals surface area contributed by atoms with Crippen LogP contribution in [0.1, 0.15) is 0 Å². The SMILES string of the molecule is BrC(Br)C(Br)(Br)C(Br)(Br)C(Br)(Br)C(Br)(Br)C(Br)(Br)C(Br)(Br)C(Br)(Br)Br. The molecule has 0 aliphatic rings. The summed E-state index contributed by atoms with van der Waals surface area (Å²) in [5.74, 6) is 0. The number of alkyl halides is 17. The molecule has 0 heterocycles. The maximum absolute atomic E-state index is 3.81. The minimum Gasteiger partial charge on any atom is -0.0739 e. The summed E-state index contributed by atoms with van der Waals surface area (Å²) in [5.41, 5.74) is 0. The first-order chi connectivity index (χ1) is 10.4. The highest BCUT2D eigenvalue weighted by Crippen LogP contribution is 2.77. The summed E-state index contributed by atoms with van der Waals surface area (Å²) in [5, 5.41) is 0. The molecule has 0 bridgehead atoms. The molecule has 0 saturated carbocycles. The molecule has 0 unspecified atom stereocenters. The van der Waals surface area contributed by atoms with E-state index in [1.165, 1.54) is 0 Å². The Bertz CT molecular complexity index is 481. The van der Waals surface area contributed by atoms with Gasteiger partial charge in [0.15, 0.2) is 2.14 Å². The van der Waals surface area contributed by atoms with Gasteiger partial charge in [-0.25, -0.2) is 0 Å². The molecule has 17 heteroatoms. The molecule has 0 aliphatic carbocycles. The maximum atomic E-state index is 3.81. The largest absolute Gasteiger partial charge is 0.162 e. The number of halogens is 17. The molecule has 0 amide bonds. The fraction of sp³-hybridized carbons (Fsp3) is 1.00. The normalized spacial score (nSPS) is 16.6. The van der Waals surface area contributed by atoms with Crippen molar-refractivity contribution < 1.29 is 0 Å². The van der Waals surface area contributed by atoms with E-state index in [4.69, 9.17) is 0 Å². The van der Waals surface area contributed by atoms with Crippen LogP contribution in [0.25, 0.3) is 0 Å². The van der Waals surface area contributed by atoms with Crippen LogP contribution in [0, 0.1) is 0 Å². The van der Waals surface area contributed by atoms with Gasteiger partial charge in [0.25, 0.3) is 0 Å². The van der Waals surface area contributed by atoms with Crippen LogP contribution in [0.15, 0.2) is 0 Å². The summed E-state index contributed by atoms with van der Waals surface area (Å²) in [6.45, 7) is 0. The lowest BCUT2D eigenvalue weighted by Gasteiger charge is -2.56. The Morgan fingerprint density at radius 1 is 0.360 bits per heavy atom. The van der Waals surface area contributed by atoms with Gasteiger partial charge in [-0.05, 0) is 0 Å². The van der Waals surface area contributed by atoms with Crippen molar-refractivity contribution >= 4 is 271 Å². The van der Waals surface area contributed by atoms with E-state index in [0.717, 1.165) is 0 Å². The van der Waals surface area contributed by atoms with E-state index in [9.17, 15) is 0 Å². The Morgan fingerprint density at radius 2 is 0.600 bits per heavy atom. The fourth-order valence-electron chi connectivity index (χ4n) is 1.12.